The van der Waals surface area contributed by atoms with E-state index in [0.717, 1.165) is 15.6 Å². The first-order chi connectivity index (χ1) is 14.9. The molecule has 1 unspecified atom stereocenters. The fraction of sp³-hybridized carbons (Fsp3) is 0.304. The Bertz CT molecular complexity index is 1090. The number of piperazine rings is 1. The molecule has 1 aliphatic heterocycles. The van der Waals surface area contributed by atoms with Gasteiger partial charge in [-0.15, -0.1) is 11.3 Å². The molecule has 1 aromatic heterocycles. The van der Waals surface area contributed by atoms with Crippen molar-refractivity contribution in [3.63, 3.8) is 0 Å². The number of nitrogens with one attached hydrogen (secondary N) is 1. The zero-order valence-corrected chi connectivity index (χ0v) is 19.4. The van der Waals surface area contributed by atoms with Gasteiger partial charge in [-0.25, -0.2) is 0 Å². The molecular formula is C23H23Cl2N3O2S. The lowest BCUT2D eigenvalue weighted by molar-refractivity contribution is -0.123. The van der Waals surface area contributed by atoms with Crippen LogP contribution in [0.1, 0.15) is 28.2 Å². The maximum Gasteiger partial charge on any atom is 0.265 e. The highest BCUT2D eigenvalue weighted by Crippen LogP contribution is 2.37. The summed E-state index contributed by atoms with van der Waals surface area (Å²) in [5.74, 6) is -0.0790. The first-order valence-corrected chi connectivity index (χ1v) is 11.7. The Kier molecular flexibility index (Phi) is 6.82. The number of amides is 2. The average Bonchev–Trinajstić information content (AvgIpc) is 3.09. The summed E-state index contributed by atoms with van der Waals surface area (Å²) >= 11 is 13.9. The number of hydrogen-bond donors (Lipinski definition) is 1. The van der Waals surface area contributed by atoms with Crippen LogP contribution in [0.25, 0.3) is 10.1 Å². The lowest BCUT2D eigenvalue weighted by Crippen LogP contribution is -2.51. The maximum absolute atomic E-state index is 13.0. The van der Waals surface area contributed by atoms with Crippen LogP contribution in [0, 0.1) is 0 Å². The van der Waals surface area contributed by atoms with E-state index in [1.807, 2.05) is 49.4 Å². The van der Waals surface area contributed by atoms with Crippen molar-refractivity contribution in [2.24, 2.45) is 0 Å². The van der Waals surface area contributed by atoms with Crippen LogP contribution >= 0.6 is 34.5 Å². The molecule has 2 amide bonds. The summed E-state index contributed by atoms with van der Waals surface area (Å²) in [6.07, 6.45) is 0. The molecule has 4 rings (SSSR count). The average molecular weight is 476 g/mol. The summed E-state index contributed by atoms with van der Waals surface area (Å²) in [6.45, 7) is 4.71. The van der Waals surface area contributed by atoms with Gasteiger partial charge in [0, 0.05) is 41.3 Å². The summed E-state index contributed by atoms with van der Waals surface area (Å²) in [4.78, 5) is 29.9. The van der Waals surface area contributed by atoms with Crippen molar-refractivity contribution in [3.05, 3.63) is 69.0 Å². The van der Waals surface area contributed by atoms with Gasteiger partial charge in [0.1, 0.15) is 4.88 Å². The Morgan fingerprint density at radius 3 is 2.48 bits per heavy atom. The predicted octanol–water partition coefficient (Wildman–Crippen LogP) is 4.84. The second-order valence-electron chi connectivity index (χ2n) is 7.65. The van der Waals surface area contributed by atoms with Crippen LogP contribution in [0.4, 0.5) is 0 Å². The first kappa shape index (κ1) is 22.1. The molecule has 0 bridgehead atoms. The van der Waals surface area contributed by atoms with E-state index >= 15 is 0 Å². The molecule has 2 heterocycles. The Morgan fingerprint density at radius 1 is 1.06 bits per heavy atom. The van der Waals surface area contributed by atoms with Crippen molar-refractivity contribution in [1.82, 2.24) is 15.1 Å². The second kappa shape index (κ2) is 9.57. The number of thiophene rings is 1. The van der Waals surface area contributed by atoms with Crippen LogP contribution in [0.3, 0.4) is 0 Å². The molecule has 1 aliphatic rings. The highest BCUT2D eigenvalue weighted by Gasteiger charge is 2.27. The summed E-state index contributed by atoms with van der Waals surface area (Å²) < 4.78 is 0.906. The van der Waals surface area contributed by atoms with Gasteiger partial charge in [0.15, 0.2) is 0 Å². The smallest absolute Gasteiger partial charge is 0.265 e. The van der Waals surface area contributed by atoms with E-state index in [4.69, 9.17) is 23.2 Å². The summed E-state index contributed by atoms with van der Waals surface area (Å²) in [5, 5.41) is 5.00. The van der Waals surface area contributed by atoms with Crippen LogP contribution in [0.2, 0.25) is 10.0 Å². The van der Waals surface area contributed by atoms with Crippen molar-refractivity contribution < 1.29 is 9.59 Å². The van der Waals surface area contributed by atoms with E-state index in [1.165, 1.54) is 11.3 Å². The Labute approximate surface area is 195 Å². The maximum atomic E-state index is 13.0. The summed E-state index contributed by atoms with van der Waals surface area (Å²) in [6, 6.07) is 15.3. The number of halogens is 2. The van der Waals surface area contributed by atoms with Gasteiger partial charge in [-0.05, 0) is 24.6 Å². The fourth-order valence-corrected chi connectivity index (χ4v) is 5.50. The minimum atomic E-state index is -0.0656. The van der Waals surface area contributed by atoms with E-state index in [0.29, 0.717) is 47.6 Å². The molecular weight excluding hydrogens is 453 g/mol. The van der Waals surface area contributed by atoms with Crippen molar-refractivity contribution >= 4 is 56.4 Å². The monoisotopic (exact) mass is 475 g/mol. The number of benzene rings is 2. The molecule has 0 spiro atoms. The number of carbonyl (C=O) groups excluding carboxylic acids is 2. The van der Waals surface area contributed by atoms with E-state index < -0.39 is 0 Å². The molecule has 1 saturated heterocycles. The minimum Gasteiger partial charge on any atom is -0.348 e. The molecule has 2 aromatic carbocycles. The topological polar surface area (TPSA) is 52.7 Å². The van der Waals surface area contributed by atoms with Gasteiger partial charge in [0.05, 0.1) is 17.6 Å². The molecule has 0 radical (unpaired) electrons. The van der Waals surface area contributed by atoms with Crippen molar-refractivity contribution in [1.29, 1.82) is 0 Å². The Balaban J connectivity index is 1.32. The van der Waals surface area contributed by atoms with Gasteiger partial charge in [-0.3, -0.25) is 14.5 Å². The highest BCUT2D eigenvalue weighted by atomic mass is 35.5. The third kappa shape index (κ3) is 5.04. The van der Waals surface area contributed by atoms with Gasteiger partial charge in [-0.2, -0.15) is 0 Å². The second-order valence-corrected chi connectivity index (χ2v) is 9.52. The van der Waals surface area contributed by atoms with Crippen molar-refractivity contribution in [2.45, 2.75) is 13.0 Å². The van der Waals surface area contributed by atoms with Gasteiger partial charge in [0.25, 0.3) is 5.91 Å². The minimum absolute atomic E-state index is 0.0134. The Morgan fingerprint density at radius 2 is 1.77 bits per heavy atom. The number of hydrogen-bond acceptors (Lipinski definition) is 4. The number of nitrogens with zero attached hydrogens (tertiary/aromatic N) is 2. The van der Waals surface area contributed by atoms with Gasteiger partial charge in [-0.1, -0.05) is 59.6 Å². The van der Waals surface area contributed by atoms with Gasteiger partial charge in [0.2, 0.25) is 5.91 Å². The van der Waals surface area contributed by atoms with Crippen LogP contribution in [0.5, 0.6) is 0 Å². The molecule has 162 valence electrons. The predicted molar refractivity (Wildman–Crippen MR) is 127 cm³/mol. The van der Waals surface area contributed by atoms with Crippen molar-refractivity contribution in [2.75, 3.05) is 32.7 Å². The van der Waals surface area contributed by atoms with E-state index in [9.17, 15) is 9.59 Å². The molecule has 5 nitrogen and oxygen atoms in total. The first-order valence-electron chi connectivity index (χ1n) is 10.2. The summed E-state index contributed by atoms with van der Waals surface area (Å²) in [5.41, 5.74) is 1.08. The molecule has 8 heteroatoms. The molecule has 1 N–H and O–H groups in total. The van der Waals surface area contributed by atoms with E-state index in [2.05, 4.69) is 10.2 Å². The Hall–Kier alpha value is -2.12. The largest absolute Gasteiger partial charge is 0.348 e. The van der Waals surface area contributed by atoms with Crippen LogP contribution in [-0.2, 0) is 4.79 Å². The van der Waals surface area contributed by atoms with Crippen molar-refractivity contribution in [3.8, 4) is 0 Å². The zero-order valence-electron chi connectivity index (χ0n) is 17.1. The SMILES string of the molecule is CC(NC(=O)CN1CCN(C(=O)c2sc3cc(Cl)ccc3c2Cl)CC1)c1ccccc1. The molecule has 0 saturated carbocycles. The quantitative estimate of drug-likeness (QED) is 0.573. The number of fused-ring (bicyclic) bond motifs is 1. The number of carbonyl (C=O) groups is 2. The lowest BCUT2D eigenvalue weighted by Gasteiger charge is -2.34. The van der Waals surface area contributed by atoms with Crippen LogP contribution in [-0.4, -0.2) is 54.3 Å². The van der Waals surface area contributed by atoms with Gasteiger partial charge < -0.3 is 10.2 Å². The molecule has 0 aliphatic carbocycles. The molecule has 1 fully saturated rings. The zero-order chi connectivity index (χ0) is 22.0. The normalized spacial score (nSPS) is 15.8. The van der Waals surface area contributed by atoms with E-state index in [1.54, 1.807) is 11.0 Å². The lowest BCUT2D eigenvalue weighted by atomic mass is 10.1. The summed E-state index contributed by atoms with van der Waals surface area (Å²) in [7, 11) is 0. The third-order valence-corrected chi connectivity index (χ3v) is 7.37. The molecule has 3 aromatic rings. The number of rotatable bonds is 5. The molecule has 31 heavy (non-hydrogen) atoms. The fourth-order valence-electron chi connectivity index (χ4n) is 3.74. The highest BCUT2D eigenvalue weighted by molar-refractivity contribution is 7.21. The van der Waals surface area contributed by atoms with E-state index in [-0.39, 0.29) is 17.9 Å². The standard InChI is InChI=1S/C23H23Cl2N3O2S/c1-15(16-5-3-2-4-6-16)26-20(29)14-27-9-11-28(12-10-27)23(30)22-21(25)18-8-7-17(24)13-19(18)31-22/h2-8,13,15H,9-12,14H2,1H3,(H,26,29). The van der Waals surface area contributed by atoms with Crippen LogP contribution < -0.4 is 5.32 Å². The van der Waals surface area contributed by atoms with Crippen LogP contribution in [0.15, 0.2) is 48.5 Å². The van der Waals surface area contributed by atoms with Gasteiger partial charge >= 0.3 is 0 Å². The third-order valence-electron chi connectivity index (χ3n) is 5.49. The molecule has 1 atom stereocenters.